The van der Waals surface area contributed by atoms with Crippen molar-refractivity contribution in [1.29, 1.82) is 0 Å². The molecule has 2 saturated heterocycles. The van der Waals surface area contributed by atoms with Crippen LogP contribution in [0, 0.1) is 50.2 Å². The maximum Gasteiger partial charge on any atom is 0.335 e. The van der Waals surface area contributed by atoms with Gasteiger partial charge in [0.1, 0.15) is 42.7 Å². The fraction of sp³-hybridized carbons (Fsp3) is 0.881. The van der Waals surface area contributed by atoms with Gasteiger partial charge in [-0.25, -0.2) is 4.79 Å². The van der Waals surface area contributed by atoms with Crippen molar-refractivity contribution in [1.82, 2.24) is 0 Å². The van der Waals surface area contributed by atoms with E-state index in [1.807, 2.05) is 13.0 Å². The van der Waals surface area contributed by atoms with Crippen LogP contribution in [-0.2, 0) is 33.3 Å². The van der Waals surface area contributed by atoms with Crippen LogP contribution in [0.1, 0.15) is 106 Å². The fourth-order valence-electron chi connectivity index (χ4n) is 13.4. The summed E-state index contributed by atoms with van der Waals surface area (Å²) in [5, 5.41) is 83.5. The lowest BCUT2D eigenvalue weighted by Crippen LogP contribution is -2.68. The van der Waals surface area contributed by atoms with Crippen LogP contribution >= 0.6 is 0 Å². The number of aliphatic hydroxyl groups is 6. The maximum absolute atomic E-state index is 14.8. The number of aliphatic hydroxyl groups excluding tert-OH is 6. The highest BCUT2D eigenvalue weighted by Gasteiger charge is 2.71. The Hall–Kier alpha value is -2.05. The minimum Gasteiger partial charge on any atom is -0.481 e. The number of rotatable bonds is 7. The molecule has 2 aliphatic heterocycles. The van der Waals surface area contributed by atoms with Crippen LogP contribution in [0.5, 0.6) is 0 Å². The highest BCUT2D eigenvalue weighted by Crippen LogP contribution is 2.75. The number of allylic oxidation sites excluding steroid dienone is 2. The van der Waals surface area contributed by atoms with Crippen molar-refractivity contribution in [3.05, 3.63) is 11.6 Å². The normalized spacial score (nSPS) is 53.4. The molecule has 7 aliphatic rings. The van der Waals surface area contributed by atoms with Gasteiger partial charge in [0, 0.05) is 5.92 Å². The van der Waals surface area contributed by atoms with Gasteiger partial charge in [-0.15, -0.1) is 0 Å². The van der Waals surface area contributed by atoms with Gasteiger partial charge in [0.15, 0.2) is 24.5 Å². The lowest BCUT2D eigenvalue weighted by molar-refractivity contribution is -0.366. The van der Waals surface area contributed by atoms with Crippen molar-refractivity contribution in [3.63, 3.8) is 0 Å². The third-order valence-corrected chi connectivity index (χ3v) is 17.3. The van der Waals surface area contributed by atoms with E-state index in [1.54, 1.807) is 0 Å². The summed E-state index contributed by atoms with van der Waals surface area (Å²) in [6.45, 7) is 14.4. The second kappa shape index (κ2) is 14.3. The summed E-state index contributed by atoms with van der Waals surface area (Å²) in [5.74, 6) is -2.57. The number of carboxylic acids is 2. The lowest BCUT2D eigenvalue weighted by Gasteiger charge is -2.70. The van der Waals surface area contributed by atoms with Crippen LogP contribution in [-0.4, -0.2) is 133 Å². The zero-order chi connectivity index (χ0) is 42.0. The third kappa shape index (κ3) is 6.31. The summed E-state index contributed by atoms with van der Waals surface area (Å²) in [6, 6.07) is 0. The van der Waals surface area contributed by atoms with Crippen molar-refractivity contribution in [2.75, 3.05) is 6.61 Å². The van der Waals surface area contributed by atoms with Crippen molar-refractivity contribution in [3.8, 4) is 0 Å². The number of aliphatic carboxylic acids is 2. The van der Waals surface area contributed by atoms with Gasteiger partial charge in [0.05, 0.1) is 18.1 Å². The number of fused-ring (bicyclic) bond motifs is 7. The smallest absolute Gasteiger partial charge is 0.335 e. The van der Waals surface area contributed by atoms with Gasteiger partial charge >= 0.3 is 11.9 Å². The van der Waals surface area contributed by atoms with Gasteiger partial charge < -0.3 is 59.8 Å². The number of ketones is 1. The standard InChI is InChI=1S/C42H64O15/c1-37(2)23-8-11-42(7)32(21(44)16-19-20-17-39(4,36(52)53)13-12-38(20,3)14-15-41(19,42)6)40(23,5)10-9-24(37)55-35-29(49)30(25(45)22(18-43)54-35)56-34-28(48)26(46)27(47)31(57-34)33(50)51/h16,20,22-32,34-35,43,45-49H,8-15,17-18H2,1-7H3,(H,50,51)(H,52,53)/t20-,22+,23-,24-,25+,26-,27-,28+,29+,30-,31-,32+,34+,35-,38+,39-,40-,41+,42+/m0/s1. The SMILES string of the molecule is CC1(C)[C@@H](O[C@@H]2O[C@H](CO)[C@@H](O)[C@H](O[C@@H]3O[C@H](C(=O)O)[C@@H](O)[C@H](O)[C@H]3O)[C@H]2O)CC[C@]2(C)[C@H]3C(=O)C=C4[C@@H]5C[C@@](C)(C(=O)O)CC[C@]5(C)CC[C@@]4(C)[C@]3(C)CC[C@@H]12. The van der Waals surface area contributed by atoms with E-state index in [9.17, 15) is 55.2 Å². The molecular weight excluding hydrogens is 744 g/mol. The Labute approximate surface area is 333 Å². The second-order valence-electron chi connectivity index (χ2n) is 20.6. The molecule has 0 bridgehead atoms. The van der Waals surface area contributed by atoms with Gasteiger partial charge in [0.25, 0.3) is 0 Å². The van der Waals surface area contributed by atoms with Gasteiger partial charge in [-0.1, -0.05) is 47.1 Å². The minimum atomic E-state index is -1.98. The average Bonchev–Trinajstić information content (AvgIpc) is 3.13. The molecule has 0 spiro atoms. The van der Waals surface area contributed by atoms with Gasteiger partial charge in [-0.05, 0) is 110 Å². The average molecular weight is 809 g/mol. The Morgan fingerprint density at radius 2 is 1.42 bits per heavy atom. The summed E-state index contributed by atoms with van der Waals surface area (Å²) in [6.07, 6.45) is -9.61. The molecule has 6 fully saturated rings. The topological polar surface area (TPSA) is 250 Å². The zero-order valence-electron chi connectivity index (χ0n) is 34.2. The summed E-state index contributed by atoms with van der Waals surface area (Å²) in [4.78, 5) is 39.0. The first-order valence-electron chi connectivity index (χ1n) is 20.8. The molecule has 15 heteroatoms. The Balaban J connectivity index is 1.13. The summed E-state index contributed by atoms with van der Waals surface area (Å²) < 4.78 is 23.4. The number of carbonyl (C=O) groups is 3. The predicted molar refractivity (Wildman–Crippen MR) is 199 cm³/mol. The van der Waals surface area contributed by atoms with Crippen molar-refractivity contribution < 1.29 is 74.2 Å². The number of ether oxygens (including phenoxy) is 4. The maximum atomic E-state index is 14.8. The number of carbonyl (C=O) groups excluding carboxylic acids is 1. The van der Waals surface area contributed by atoms with Gasteiger partial charge in [-0.3, -0.25) is 9.59 Å². The van der Waals surface area contributed by atoms with E-state index < -0.39 is 102 Å². The molecule has 57 heavy (non-hydrogen) atoms. The molecule has 2 heterocycles. The monoisotopic (exact) mass is 808 g/mol. The van der Waals surface area contributed by atoms with Crippen molar-refractivity contribution >= 4 is 17.7 Å². The first-order chi connectivity index (χ1) is 26.4. The third-order valence-electron chi connectivity index (χ3n) is 17.3. The van der Waals surface area contributed by atoms with E-state index in [2.05, 4.69) is 41.5 Å². The zero-order valence-corrected chi connectivity index (χ0v) is 34.2. The van der Waals surface area contributed by atoms with E-state index in [0.717, 1.165) is 37.7 Å². The molecule has 0 aromatic heterocycles. The van der Waals surface area contributed by atoms with E-state index >= 15 is 0 Å². The Bertz CT molecular complexity index is 1650. The van der Waals surface area contributed by atoms with E-state index in [0.29, 0.717) is 25.7 Å². The quantitative estimate of drug-likeness (QED) is 0.172. The molecule has 0 amide bonds. The molecule has 322 valence electrons. The molecule has 0 radical (unpaired) electrons. The van der Waals surface area contributed by atoms with Crippen LogP contribution in [0.3, 0.4) is 0 Å². The molecule has 0 aromatic rings. The molecule has 19 atom stereocenters. The first-order valence-corrected chi connectivity index (χ1v) is 20.8. The Morgan fingerprint density at radius 1 is 0.772 bits per heavy atom. The van der Waals surface area contributed by atoms with E-state index in [1.165, 1.54) is 0 Å². The van der Waals surface area contributed by atoms with Crippen LogP contribution in [0.25, 0.3) is 0 Å². The van der Waals surface area contributed by atoms with Gasteiger partial charge in [0.2, 0.25) is 0 Å². The predicted octanol–water partition coefficient (Wildman–Crippen LogP) is 2.15. The lowest BCUT2D eigenvalue weighted by atomic mass is 9.33. The molecule has 4 saturated carbocycles. The highest BCUT2D eigenvalue weighted by atomic mass is 16.7. The molecule has 0 unspecified atom stereocenters. The number of hydrogen-bond donors (Lipinski definition) is 8. The summed E-state index contributed by atoms with van der Waals surface area (Å²) in [7, 11) is 0. The highest BCUT2D eigenvalue weighted by molar-refractivity contribution is 5.95. The van der Waals surface area contributed by atoms with Crippen LogP contribution in [0.2, 0.25) is 0 Å². The van der Waals surface area contributed by atoms with E-state index in [4.69, 9.17) is 18.9 Å². The summed E-state index contributed by atoms with van der Waals surface area (Å²) >= 11 is 0. The first kappa shape index (κ1) is 43.1. The molecule has 0 aromatic carbocycles. The molecule has 8 N–H and O–H groups in total. The molecule has 15 nitrogen and oxygen atoms in total. The number of carboxylic acid groups (broad SMARTS) is 2. The minimum absolute atomic E-state index is 0.00169. The van der Waals surface area contributed by atoms with Gasteiger partial charge in [-0.2, -0.15) is 0 Å². The Kier molecular flexibility index (Phi) is 10.8. The summed E-state index contributed by atoms with van der Waals surface area (Å²) in [5.41, 5.74) is -1.41. The molecule has 5 aliphatic carbocycles. The van der Waals surface area contributed by atoms with E-state index in [-0.39, 0.29) is 39.8 Å². The second-order valence-corrected chi connectivity index (χ2v) is 20.6. The Morgan fingerprint density at radius 3 is 2.05 bits per heavy atom. The van der Waals surface area contributed by atoms with Crippen molar-refractivity contribution in [2.24, 2.45) is 50.2 Å². The van der Waals surface area contributed by atoms with Crippen LogP contribution < -0.4 is 0 Å². The molecule has 7 rings (SSSR count). The van der Waals surface area contributed by atoms with Crippen LogP contribution in [0.4, 0.5) is 0 Å². The largest absolute Gasteiger partial charge is 0.481 e. The van der Waals surface area contributed by atoms with Crippen LogP contribution in [0.15, 0.2) is 11.6 Å². The fourth-order valence-corrected chi connectivity index (χ4v) is 13.4. The number of hydrogen-bond acceptors (Lipinski definition) is 13. The van der Waals surface area contributed by atoms with Crippen molar-refractivity contribution in [2.45, 2.75) is 174 Å². The molecular formula is C42H64O15.